The van der Waals surface area contributed by atoms with Crippen molar-refractivity contribution in [1.82, 2.24) is 4.98 Å². The van der Waals surface area contributed by atoms with E-state index in [1.54, 1.807) is 48.7 Å². The summed E-state index contributed by atoms with van der Waals surface area (Å²) in [6.07, 6.45) is 1.61. The van der Waals surface area contributed by atoms with Crippen molar-refractivity contribution in [1.29, 1.82) is 0 Å². The zero-order valence-corrected chi connectivity index (χ0v) is 18.4. The Morgan fingerprint density at radius 1 is 0.808 bits per heavy atom. The second-order valence-corrected chi connectivity index (χ2v) is 4.71. The molecule has 26 heavy (non-hydrogen) atoms. The molecule has 2 aromatic carbocycles. The molecule has 0 atom stereocenters. The molecule has 1 aromatic heterocycles. The largest absolute Gasteiger partial charge is 0.508 e. The van der Waals surface area contributed by atoms with E-state index in [4.69, 9.17) is 9.68 Å². The number of phenolic OH excluding ortho intramolecular Hbond substituents is 2. The Bertz CT molecular complexity index is 864. The van der Waals surface area contributed by atoms with E-state index in [1.807, 2.05) is 0 Å². The summed E-state index contributed by atoms with van der Waals surface area (Å²) in [4.78, 5) is 14.4. The molecule has 0 spiro atoms. The average molecular weight is 369 g/mol. The number of hydrogen-bond acceptors (Lipinski definition) is 7. The molecule has 3 aromatic rings. The summed E-state index contributed by atoms with van der Waals surface area (Å²) < 4.78 is 0. The minimum atomic E-state index is 0. The molecule has 1 heterocycles. The number of pyridine rings is 1. The molecular formula is C17H13N3Na2O4. The van der Waals surface area contributed by atoms with E-state index in [0.29, 0.717) is 17.0 Å². The molecule has 7 nitrogen and oxygen atoms in total. The van der Waals surface area contributed by atoms with E-state index < -0.39 is 0 Å². The Labute approximate surface area is 194 Å². The monoisotopic (exact) mass is 369 g/mol. The van der Waals surface area contributed by atoms with Crippen LogP contribution in [0.2, 0.25) is 0 Å². The third-order valence-corrected chi connectivity index (χ3v) is 3.06. The number of aromatic hydroxyl groups is 2. The van der Waals surface area contributed by atoms with Crippen LogP contribution in [0.1, 0.15) is 0 Å². The Kier molecular flexibility index (Phi) is 9.64. The van der Waals surface area contributed by atoms with Crippen molar-refractivity contribution < 1.29 is 19.9 Å². The Morgan fingerprint density at radius 3 is 2.31 bits per heavy atom. The van der Waals surface area contributed by atoms with Gasteiger partial charge in [-0.15, -0.1) is 0 Å². The van der Waals surface area contributed by atoms with Gasteiger partial charge in [-0.1, -0.05) is 18.2 Å². The summed E-state index contributed by atoms with van der Waals surface area (Å²) in [6.45, 7) is 0. The molecule has 0 aliphatic carbocycles. The second kappa shape index (κ2) is 11.2. The normalized spacial score (nSPS) is 9.85. The van der Waals surface area contributed by atoms with Gasteiger partial charge in [-0.3, -0.25) is 4.98 Å². The van der Waals surface area contributed by atoms with Crippen LogP contribution in [-0.2, 0) is 0 Å². The second-order valence-electron chi connectivity index (χ2n) is 4.71. The Hall–Kier alpha value is -1.61. The van der Waals surface area contributed by atoms with Crippen LogP contribution in [0.15, 0.2) is 77.4 Å². The van der Waals surface area contributed by atoms with Gasteiger partial charge in [-0.25, -0.2) is 0 Å². The van der Waals surface area contributed by atoms with E-state index in [-0.39, 0.29) is 76.4 Å². The van der Waals surface area contributed by atoms with Crippen molar-refractivity contribution in [2.45, 2.75) is 0 Å². The van der Waals surface area contributed by atoms with Crippen LogP contribution < -0.4 is 9.68 Å². The predicted octanol–water partition coefficient (Wildman–Crippen LogP) is 3.14. The van der Waals surface area contributed by atoms with Crippen LogP contribution >= 0.6 is 0 Å². The van der Waals surface area contributed by atoms with Gasteiger partial charge in [0.05, 0.1) is 21.8 Å². The van der Waals surface area contributed by atoms with Gasteiger partial charge in [-0.2, -0.15) is 0 Å². The zero-order chi connectivity index (χ0) is 16.8. The molecule has 2 N–H and O–H groups in total. The zero-order valence-electron chi connectivity index (χ0n) is 14.4. The average Bonchev–Trinajstić information content (AvgIpc) is 2.60. The molecule has 3 rings (SSSR count). The minimum absolute atomic E-state index is 0. The fraction of sp³-hybridized carbons (Fsp3) is 0. The maximum atomic E-state index is 10.1. The van der Waals surface area contributed by atoms with Crippen molar-refractivity contribution in [3.05, 3.63) is 66.9 Å². The van der Waals surface area contributed by atoms with Crippen LogP contribution in [0.25, 0.3) is 11.3 Å². The van der Waals surface area contributed by atoms with E-state index in [2.05, 4.69) is 15.5 Å². The van der Waals surface area contributed by atoms with Gasteiger partial charge in [0.15, 0.2) is 11.5 Å². The molecule has 0 aliphatic heterocycles. The van der Waals surface area contributed by atoms with E-state index in [1.165, 1.54) is 18.2 Å². The van der Waals surface area contributed by atoms with Crippen LogP contribution in [0.3, 0.4) is 0 Å². The molecule has 0 unspecified atom stereocenters. The van der Waals surface area contributed by atoms with Crippen molar-refractivity contribution in [2.75, 3.05) is 0 Å². The molecule has 0 amide bonds. The first-order chi connectivity index (χ1) is 11.7. The molecule has 2 radical (unpaired) electrons. The van der Waals surface area contributed by atoms with E-state index in [9.17, 15) is 10.2 Å². The van der Waals surface area contributed by atoms with Gasteiger partial charge < -0.3 is 19.9 Å². The Morgan fingerprint density at radius 2 is 1.58 bits per heavy atom. The fourth-order valence-electron chi connectivity index (χ4n) is 2.03. The SMILES string of the molecule is Oc1cccc(ON=NOc2cccc(O)c2-c2ccccn2)c1.[Na].[Na]. The minimum Gasteiger partial charge on any atom is -0.508 e. The number of nitrogens with zero attached hydrogens (tertiary/aromatic N) is 3. The van der Waals surface area contributed by atoms with Crippen molar-refractivity contribution in [2.24, 2.45) is 10.6 Å². The number of benzene rings is 2. The maximum Gasteiger partial charge on any atom is 0.173 e. The number of phenols is 2. The van der Waals surface area contributed by atoms with Gasteiger partial charge in [0.1, 0.15) is 11.5 Å². The van der Waals surface area contributed by atoms with Gasteiger partial charge in [0.25, 0.3) is 0 Å². The van der Waals surface area contributed by atoms with Gasteiger partial charge in [-0.05, 0) is 36.4 Å². The van der Waals surface area contributed by atoms with Gasteiger partial charge in [0, 0.05) is 71.4 Å². The first-order valence-corrected chi connectivity index (χ1v) is 7.01. The van der Waals surface area contributed by atoms with Crippen molar-refractivity contribution >= 4 is 59.1 Å². The van der Waals surface area contributed by atoms with E-state index in [0.717, 1.165) is 0 Å². The van der Waals surface area contributed by atoms with Crippen LogP contribution in [0.4, 0.5) is 0 Å². The van der Waals surface area contributed by atoms with Crippen molar-refractivity contribution in [3.63, 3.8) is 0 Å². The molecule has 0 saturated carbocycles. The number of hydrogen-bond donors (Lipinski definition) is 2. The van der Waals surface area contributed by atoms with Crippen molar-refractivity contribution in [3.8, 4) is 34.3 Å². The van der Waals surface area contributed by atoms with E-state index >= 15 is 0 Å². The molecular weight excluding hydrogens is 356 g/mol. The summed E-state index contributed by atoms with van der Waals surface area (Å²) in [7, 11) is 0. The first kappa shape index (κ1) is 22.4. The molecule has 0 aliphatic rings. The maximum absolute atomic E-state index is 10.1. The quantitative estimate of drug-likeness (QED) is 0.409. The van der Waals surface area contributed by atoms with Crippen LogP contribution in [0, 0.1) is 0 Å². The van der Waals surface area contributed by atoms with Crippen LogP contribution in [-0.4, -0.2) is 74.3 Å². The third kappa shape index (κ3) is 5.98. The first-order valence-electron chi connectivity index (χ1n) is 7.01. The van der Waals surface area contributed by atoms with Gasteiger partial charge >= 0.3 is 0 Å². The molecule has 0 fully saturated rings. The predicted molar refractivity (Wildman–Crippen MR) is 97.1 cm³/mol. The topological polar surface area (TPSA) is 96.5 Å². The molecule has 0 bridgehead atoms. The summed E-state index contributed by atoms with van der Waals surface area (Å²) in [5, 5.41) is 26.3. The summed E-state index contributed by atoms with van der Waals surface area (Å²) in [5.41, 5.74) is 0.934. The summed E-state index contributed by atoms with van der Waals surface area (Å²) >= 11 is 0. The summed E-state index contributed by atoms with van der Waals surface area (Å²) in [6, 6.07) is 16.2. The number of aromatic nitrogens is 1. The summed E-state index contributed by atoms with van der Waals surface area (Å²) in [5.74, 6) is 0.643. The molecule has 122 valence electrons. The molecule has 0 saturated heterocycles. The number of rotatable bonds is 5. The smallest absolute Gasteiger partial charge is 0.173 e. The van der Waals surface area contributed by atoms with Gasteiger partial charge in [0.2, 0.25) is 0 Å². The third-order valence-electron chi connectivity index (χ3n) is 3.06. The molecule has 9 heteroatoms. The van der Waals surface area contributed by atoms with Crippen LogP contribution in [0.5, 0.6) is 23.0 Å². The standard InChI is InChI=1S/C17H13N3O4.2Na/c21-12-5-3-6-13(11-12)23-19-20-24-16-9-4-8-15(22)17(16)14-7-1-2-10-18-14;;/h1-11,21-22H;;. The Balaban J connectivity index is 0.00000169. The fourth-order valence-corrected chi connectivity index (χ4v) is 2.03.